The van der Waals surface area contributed by atoms with E-state index in [4.69, 9.17) is 5.73 Å². The van der Waals surface area contributed by atoms with Gasteiger partial charge in [0.25, 0.3) is 0 Å². The minimum Gasteiger partial charge on any atom is -0.316 e. The van der Waals surface area contributed by atoms with Crippen molar-refractivity contribution in [3.05, 3.63) is 64.7 Å². The van der Waals surface area contributed by atoms with E-state index in [9.17, 15) is 4.39 Å². The maximum absolute atomic E-state index is 13.0. The fourth-order valence-corrected chi connectivity index (χ4v) is 2.38. The van der Waals surface area contributed by atoms with Crippen LogP contribution in [0, 0.1) is 19.7 Å². The smallest absolute Gasteiger partial charge is 0.141 e. The summed E-state index contributed by atoms with van der Waals surface area (Å²) in [6, 6.07) is 9.16. The van der Waals surface area contributed by atoms with Crippen LogP contribution in [0.2, 0.25) is 0 Å². The predicted octanol–water partition coefficient (Wildman–Crippen LogP) is 3.45. The number of halogens is 1. The van der Waals surface area contributed by atoms with Crippen LogP contribution in [0.15, 0.2) is 36.5 Å². The molecule has 100 valence electrons. The molecule has 0 amide bonds. The Labute approximate surface area is 113 Å². The molecule has 0 saturated heterocycles. The Hall–Kier alpha value is -1.74. The maximum atomic E-state index is 13.0. The fourth-order valence-electron chi connectivity index (χ4n) is 2.38. The van der Waals surface area contributed by atoms with E-state index >= 15 is 0 Å². The van der Waals surface area contributed by atoms with Crippen LogP contribution < -0.4 is 5.73 Å². The van der Waals surface area contributed by atoms with Gasteiger partial charge >= 0.3 is 0 Å². The first-order valence-corrected chi connectivity index (χ1v) is 6.46. The van der Waals surface area contributed by atoms with Gasteiger partial charge in [-0.15, -0.1) is 0 Å². The molecule has 0 radical (unpaired) electrons. The number of aryl methyl sites for hydroxylation is 1. The highest BCUT2D eigenvalue weighted by molar-refractivity contribution is 5.42. The molecule has 0 aliphatic heterocycles. The zero-order valence-corrected chi connectivity index (χ0v) is 11.6. The first-order valence-electron chi connectivity index (χ1n) is 6.46. The van der Waals surface area contributed by atoms with Crippen molar-refractivity contribution in [2.24, 2.45) is 5.73 Å². The zero-order valence-electron chi connectivity index (χ0n) is 11.6. The third-order valence-corrected chi connectivity index (χ3v) is 3.83. The number of rotatable bonds is 3. The van der Waals surface area contributed by atoms with Crippen molar-refractivity contribution in [2.45, 2.75) is 32.7 Å². The molecule has 1 heterocycles. The van der Waals surface area contributed by atoms with Crippen LogP contribution in [0.1, 0.15) is 35.7 Å². The molecule has 0 aliphatic carbocycles. The van der Waals surface area contributed by atoms with E-state index in [2.05, 4.69) is 24.9 Å². The lowest BCUT2D eigenvalue weighted by Gasteiger charge is -2.30. The summed E-state index contributed by atoms with van der Waals surface area (Å²) in [6.45, 7) is 6.14. The van der Waals surface area contributed by atoms with Gasteiger partial charge in [0.2, 0.25) is 0 Å². The quantitative estimate of drug-likeness (QED) is 0.915. The van der Waals surface area contributed by atoms with Crippen LogP contribution in [0.5, 0.6) is 0 Å². The van der Waals surface area contributed by atoms with Gasteiger partial charge in [0.1, 0.15) is 5.82 Å². The van der Waals surface area contributed by atoms with Crippen molar-refractivity contribution in [1.29, 1.82) is 0 Å². The van der Waals surface area contributed by atoms with E-state index in [0.717, 1.165) is 11.1 Å². The van der Waals surface area contributed by atoms with Crippen molar-refractivity contribution in [3.63, 3.8) is 0 Å². The van der Waals surface area contributed by atoms with Crippen LogP contribution in [-0.4, -0.2) is 4.98 Å². The van der Waals surface area contributed by atoms with E-state index in [-0.39, 0.29) is 5.82 Å². The highest BCUT2D eigenvalue weighted by Gasteiger charge is 2.30. The Bertz CT molecular complexity index is 578. The van der Waals surface area contributed by atoms with E-state index < -0.39 is 5.54 Å². The Morgan fingerprint density at radius 2 is 1.95 bits per heavy atom. The first-order chi connectivity index (χ1) is 8.99. The van der Waals surface area contributed by atoms with Gasteiger partial charge in [0.15, 0.2) is 0 Å². The van der Waals surface area contributed by atoms with Crippen molar-refractivity contribution in [3.8, 4) is 0 Å². The maximum Gasteiger partial charge on any atom is 0.141 e. The Morgan fingerprint density at radius 3 is 2.53 bits per heavy atom. The summed E-state index contributed by atoms with van der Waals surface area (Å²) >= 11 is 0. The predicted molar refractivity (Wildman–Crippen MR) is 75.4 cm³/mol. The van der Waals surface area contributed by atoms with Gasteiger partial charge in [-0.05, 0) is 49.1 Å². The van der Waals surface area contributed by atoms with E-state index in [0.29, 0.717) is 12.1 Å². The molecule has 0 saturated carbocycles. The first kappa shape index (κ1) is 13.7. The summed E-state index contributed by atoms with van der Waals surface area (Å²) in [5.74, 6) is -0.344. The summed E-state index contributed by atoms with van der Waals surface area (Å²) in [6.07, 6.45) is 1.92. The van der Waals surface area contributed by atoms with Gasteiger partial charge in [-0.25, -0.2) is 4.39 Å². The topological polar surface area (TPSA) is 38.9 Å². The molecule has 0 aliphatic rings. The molecule has 0 bridgehead atoms. The summed E-state index contributed by atoms with van der Waals surface area (Å²) < 4.78 is 13.0. The number of hydrogen-bond acceptors (Lipinski definition) is 2. The van der Waals surface area contributed by atoms with E-state index in [1.807, 2.05) is 19.1 Å². The lowest BCUT2D eigenvalue weighted by molar-refractivity contribution is 0.496. The Morgan fingerprint density at radius 1 is 1.21 bits per heavy atom. The minimum absolute atomic E-state index is 0.344. The number of pyridine rings is 1. The molecule has 2 nitrogen and oxygen atoms in total. The molecule has 1 aromatic heterocycles. The molecule has 0 spiro atoms. The minimum atomic E-state index is -0.677. The Kier molecular flexibility index (Phi) is 3.67. The molecule has 1 atom stereocenters. The van der Waals surface area contributed by atoms with Crippen LogP contribution >= 0.6 is 0 Å². The summed E-state index contributed by atoms with van der Waals surface area (Å²) in [5.41, 5.74) is 10.0. The second kappa shape index (κ2) is 5.10. The number of nitrogens with two attached hydrogens (primary N) is 1. The second-order valence-electron chi connectivity index (χ2n) is 4.93. The van der Waals surface area contributed by atoms with Crippen LogP contribution in [0.3, 0.4) is 0 Å². The monoisotopic (exact) mass is 258 g/mol. The zero-order chi connectivity index (χ0) is 14.0. The lowest BCUT2D eigenvalue weighted by Crippen LogP contribution is -2.39. The molecule has 19 heavy (non-hydrogen) atoms. The highest BCUT2D eigenvalue weighted by Crippen LogP contribution is 2.32. The third-order valence-electron chi connectivity index (χ3n) is 3.83. The van der Waals surface area contributed by atoms with E-state index in [1.54, 1.807) is 6.07 Å². The molecule has 2 N–H and O–H groups in total. The van der Waals surface area contributed by atoms with Gasteiger partial charge in [-0.1, -0.05) is 25.1 Å². The molecular formula is C16H19FN2. The molecular weight excluding hydrogens is 239 g/mol. The highest BCUT2D eigenvalue weighted by atomic mass is 19.1. The van der Waals surface area contributed by atoms with Gasteiger partial charge in [0, 0.05) is 0 Å². The average Bonchev–Trinajstić information content (AvgIpc) is 2.42. The SMILES string of the molecule is CCC(N)(c1ccc(F)cn1)c1cccc(C)c1C. The van der Waals surface area contributed by atoms with Crippen LogP contribution in [0.25, 0.3) is 0 Å². The third kappa shape index (κ3) is 2.38. The molecule has 1 unspecified atom stereocenters. The summed E-state index contributed by atoms with van der Waals surface area (Å²) in [5, 5.41) is 0. The second-order valence-corrected chi connectivity index (χ2v) is 4.93. The van der Waals surface area contributed by atoms with Gasteiger partial charge in [-0.2, -0.15) is 0 Å². The van der Waals surface area contributed by atoms with Crippen LogP contribution in [0.4, 0.5) is 4.39 Å². The van der Waals surface area contributed by atoms with Gasteiger partial charge in [0.05, 0.1) is 17.4 Å². The Balaban J connectivity index is 2.59. The summed E-state index contributed by atoms with van der Waals surface area (Å²) in [4.78, 5) is 4.17. The van der Waals surface area contributed by atoms with Crippen LogP contribution in [-0.2, 0) is 5.54 Å². The number of hydrogen-bond donors (Lipinski definition) is 1. The number of benzene rings is 1. The molecule has 3 heteroatoms. The molecule has 2 rings (SSSR count). The number of aromatic nitrogens is 1. The van der Waals surface area contributed by atoms with Gasteiger partial charge in [-0.3, -0.25) is 4.98 Å². The lowest BCUT2D eigenvalue weighted by atomic mass is 9.81. The van der Waals surface area contributed by atoms with Crippen molar-refractivity contribution < 1.29 is 4.39 Å². The standard InChI is InChI=1S/C16H19FN2/c1-4-16(18,15-9-8-13(17)10-19-15)14-7-5-6-11(2)12(14)3/h5-10H,4,18H2,1-3H3. The fraction of sp³-hybridized carbons (Fsp3) is 0.312. The van der Waals surface area contributed by atoms with Gasteiger partial charge < -0.3 is 5.73 Å². The van der Waals surface area contributed by atoms with Crippen molar-refractivity contribution in [1.82, 2.24) is 4.98 Å². The average molecular weight is 258 g/mol. The largest absolute Gasteiger partial charge is 0.316 e. The molecule has 2 aromatic rings. The van der Waals surface area contributed by atoms with Crippen molar-refractivity contribution >= 4 is 0 Å². The number of nitrogens with zero attached hydrogens (tertiary/aromatic N) is 1. The molecule has 0 fully saturated rings. The van der Waals surface area contributed by atoms with Crippen molar-refractivity contribution in [2.75, 3.05) is 0 Å². The van der Waals surface area contributed by atoms with E-state index in [1.165, 1.54) is 17.8 Å². The summed E-state index contributed by atoms with van der Waals surface area (Å²) in [7, 11) is 0. The molecule has 1 aromatic carbocycles. The normalized spacial score (nSPS) is 14.2.